The summed E-state index contributed by atoms with van der Waals surface area (Å²) in [6.45, 7) is 2.00. The van der Waals surface area contributed by atoms with Crippen LogP contribution in [0.2, 0.25) is 0 Å². The van der Waals surface area contributed by atoms with Crippen LogP contribution in [0, 0.1) is 47.3 Å². The molecule has 0 aromatic carbocycles. The molecule has 8 unspecified atom stereocenters. The first-order chi connectivity index (χ1) is 25.5. The topological polar surface area (TPSA) is 245 Å². The Kier molecular flexibility index (Phi) is 18.3. The molecule has 16 nitrogen and oxygen atoms in total. The van der Waals surface area contributed by atoms with Gasteiger partial charge in [0, 0.05) is 19.5 Å². The fraction of sp³-hybridized carbons (Fsp3) is 0.889. The zero-order valence-corrected chi connectivity index (χ0v) is 33.6. The van der Waals surface area contributed by atoms with E-state index in [1.807, 2.05) is 0 Å². The molecule has 8 bridgehead atoms. The normalized spacial score (nSPS) is 44.4. The first-order valence-electron chi connectivity index (χ1n) is 19.6. The average molecular weight is 798 g/mol. The fourth-order valence-corrected chi connectivity index (χ4v) is 12.0. The predicted octanol–water partition coefficient (Wildman–Crippen LogP) is 1.05. The van der Waals surface area contributed by atoms with E-state index in [0.29, 0.717) is 75.2 Å². The van der Waals surface area contributed by atoms with Crippen LogP contribution < -0.4 is 42.5 Å². The van der Waals surface area contributed by atoms with E-state index in [4.69, 9.17) is 39.6 Å². The van der Waals surface area contributed by atoms with Gasteiger partial charge >= 0.3 is 0 Å². The molecular weight excluding hydrogens is 738 g/mol. The second kappa shape index (κ2) is 22.1. The molecule has 12 N–H and O–H groups in total. The molecule has 53 heavy (non-hydrogen) atoms. The maximum atomic E-state index is 8.24. The summed E-state index contributed by atoms with van der Waals surface area (Å²) in [6, 6.07) is 0. The summed E-state index contributed by atoms with van der Waals surface area (Å²) in [5.74, 6) is 5.97. The van der Waals surface area contributed by atoms with Crippen LogP contribution >= 0.6 is 0 Å². The monoisotopic (exact) mass is 796 g/mol. The van der Waals surface area contributed by atoms with Crippen LogP contribution in [0.5, 0.6) is 0 Å². The van der Waals surface area contributed by atoms with Crippen molar-refractivity contribution in [3.05, 3.63) is 0 Å². The minimum Gasteiger partial charge on any atom is -0.665 e. The van der Waals surface area contributed by atoms with Crippen LogP contribution in [0.15, 0.2) is 0 Å². The number of fused-ring (bicyclic) bond motifs is 20. The van der Waals surface area contributed by atoms with E-state index in [1.165, 1.54) is 103 Å². The Morgan fingerprint density at radius 1 is 0.283 bits per heavy atom. The van der Waals surface area contributed by atoms with Crippen LogP contribution in [-0.4, -0.2) is 95.6 Å². The van der Waals surface area contributed by atoms with Crippen molar-refractivity contribution in [3.63, 3.8) is 0 Å². The van der Waals surface area contributed by atoms with Gasteiger partial charge in [0.15, 0.2) is 0 Å². The first kappa shape index (κ1) is 43.9. The molecule has 0 spiro atoms. The van der Waals surface area contributed by atoms with E-state index in [2.05, 4.69) is 42.5 Å². The van der Waals surface area contributed by atoms with Crippen molar-refractivity contribution in [2.75, 3.05) is 0 Å². The van der Waals surface area contributed by atoms with Gasteiger partial charge in [-0.3, -0.25) is 42.5 Å². The molecule has 17 heteroatoms. The number of nitrogens with one attached hydrogen (secondary N) is 8. The van der Waals surface area contributed by atoms with Gasteiger partial charge in [-0.15, -0.1) is 0 Å². The van der Waals surface area contributed by atoms with Crippen LogP contribution in [0.3, 0.4) is 0 Å². The summed E-state index contributed by atoms with van der Waals surface area (Å²) in [5.41, 5.74) is 0. The Balaban J connectivity index is 0.000000431. The largest absolute Gasteiger partial charge is 0.665 e. The maximum Gasteiger partial charge on any atom is 0.0628 e. The average Bonchev–Trinajstić information content (AvgIpc) is 3.89. The Bertz CT molecular complexity index is 903. The summed E-state index contributed by atoms with van der Waals surface area (Å²) < 4.78 is 0. The molecule has 0 aromatic rings. The summed E-state index contributed by atoms with van der Waals surface area (Å²) in [7, 11) is 0. The Labute approximate surface area is 326 Å². The molecule has 0 amide bonds. The van der Waals surface area contributed by atoms with Gasteiger partial charge in [-0.1, -0.05) is 77.3 Å². The predicted molar refractivity (Wildman–Crippen MR) is 190 cm³/mol. The van der Waals surface area contributed by atoms with Crippen LogP contribution in [-0.2, 0) is 38.7 Å². The molecule has 9 rings (SSSR count). The summed E-state index contributed by atoms with van der Waals surface area (Å²) in [5, 5.41) is 60.8. The quantitative estimate of drug-likeness (QED) is 0.121. The van der Waals surface area contributed by atoms with E-state index in [9.17, 15) is 0 Å². The Morgan fingerprint density at radius 2 is 0.377 bits per heavy atom. The molecular formula is C36H60N8O8Zn-4. The second-order valence-corrected chi connectivity index (χ2v) is 16.0. The standard InChI is InChI=1S/C32H56N8.4CHO2.Zn/c1-2-10-18-17(9-1)25-33-26(18)38-28-21-13-5-6-14-22(21)30(35-28)40-32-24-16-8-7-15-23(24)31(36-32)39-29-20-12-4-3-11-19(20)27(34-29)37-25;4*2-1-3;/h17-40H,1-16H2;4*(H,2,3);/q;4*-1;. The Hall–Kier alpha value is -1.82. The number of hydrogen-bond donors (Lipinski definition) is 12. The zero-order valence-electron chi connectivity index (χ0n) is 30.7. The molecule has 0 aromatic heterocycles. The molecule has 8 atom stereocenters. The summed E-state index contributed by atoms with van der Waals surface area (Å²) in [6.07, 6.45) is 25.6. The van der Waals surface area contributed by atoms with Gasteiger partial charge in [-0.05, 0) is 98.7 Å². The van der Waals surface area contributed by atoms with E-state index in [0.717, 1.165) is 47.3 Å². The third-order valence-electron chi connectivity index (χ3n) is 13.8. The van der Waals surface area contributed by atoms with Crippen LogP contribution in [0.25, 0.3) is 0 Å². The van der Waals surface area contributed by atoms with Crippen molar-refractivity contribution < 1.29 is 59.1 Å². The molecule has 5 aliphatic heterocycles. The summed E-state index contributed by atoms with van der Waals surface area (Å²) >= 11 is 0. The van der Waals surface area contributed by atoms with E-state index < -0.39 is 0 Å². The SMILES string of the molecule is C1CCC2C3NC(NC4NC(NC5NC(NC6NC(N3)C3CCCCC63)C3CCCCC53)C3CCCCC43)C2C1.O=[C-]O.O=[C-]O.O=[C-]O.O=[C-]O.[Zn]. The third kappa shape index (κ3) is 10.3. The van der Waals surface area contributed by atoms with Gasteiger partial charge in [0.1, 0.15) is 0 Å². The van der Waals surface area contributed by atoms with Gasteiger partial charge < -0.3 is 39.6 Å². The molecule has 298 valence electrons. The molecule has 4 saturated carbocycles. The molecule has 0 radical (unpaired) electrons. The van der Waals surface area contributed by atoms with Gasteiger partial charge in [0.2, 0.25) is 0 Å². The van der Waals surface area contributed by atoms with E-state index in [-0.39, 0.29) is 19.5 Å². The van der Waals surface area contributed by atoms with E-state index >= 15 is 0 Å². The van der Waals surface area contributed by atoms with Gasteiger partial charge in [-0.2, -0.15) is 0 Å². The molecule has 9 fully saturated rings. The smallest absolute Gasteiger partial charge is 0.0628 e. The molecule has 4 aliphatic carbocycles. The zero-order chi connectivity index (χ0) is 37.0. The van der Waals surface area contributed by atoms with E-state index in [1.54, 1.807) is 0 Å². The van der Waals surface area contributed by atoms with Crippen LogP contribution in [0.1, 0.15) is 103 Å². The van der Waals surface area contributed by atoms with Crippen LogP contribution in [0.4, 0.5) is 0 Å². The first-order valence-corrected chi connectivity index (χ1v) is 19.6. The number of aliphatic hydroxyl groups excluding tert-OH is 4. The molecule has 5 saturated heterocycles. The molecule has 5 heterocycles. The molecule has 9 aliphatic rings. The fourth-order valence-electron chi connectivity index (χ4n) is 12.0. The maximum absolute atomic E-state index is 8.24. The van der Waals surface area contributed by atoms with Gasteiger partial charge in [-0.25, -0.2) is 0 Å². The van der Waals surface area contributed by atoms with Crippen molar-refractivity contribution in [3.8, 4) is 0 Å². The van der Waals surface area contributed by atoms with Gasteiger partial charge in [0.05, 0.1) is 49.3 Å². The van der Waals surface area contributed by atoms with Gasteiger partial charge in [0.25, 0.3) is 0 Å². The third-order valence-corrected chi connectivity index (χ3v) is 13.8. The minimum atomic E-state index is 0. The van der Waals surface area contributed by atoms with Crippen molar-refractivity contribution in [2.45, 2.75) is 152 Å². The number of hydrogen-bond acceptors (Lipinski definition) is 12. The second-order valence-electron chi connectivity index (χ2n) is 16.0. The Morgan fingerprint density at radius 3 is 0.472 bits per heavy atom. The van der Waals surface area contributed by atoms with Crippen molar-refractivity contribution in [1.29, 1.82) is 0 Å². The number of rotatable bonds is 0. The van der Waals surface area contributed by atoms with Crippen molar-refractivity contribution in [2.24, 2.45) is 47.3 Å². The summed E-state index contributed by atoms with van der Waals surface area (Å²) in [4.78, 5) is 32.9. The van der Waals surface area contributed by atoms with Crippen molar-refractivity contribution >= 4 is 25.9 Å². The van der Waals surface area contributed by atoms with Crippen molar-refractivity contribution in [1.82, 2.24) is 42.5 Å². The minimum absolute atomic E-state index is 0.